The maximum Gasteiger partial charge on any atom is 0.311 e. The van der Waals surface area contributed by atoms with Gasteiger partial charge in [-0.1, -0.05) is 30.3 Å². The van der Waals surface area contributed by atoms with E-state index >= 15 is 0 Å². The van der Waals surface area contributed by atoms with Gasteiger partial charge in [-0.05, 0) is 19.4 Å². The van der Waals surface area contributed by atoms with Crippen LogP contribution in [0.1, 0.15) is 25.8 Å². The summed E-state index contributed by atoms with van der Waals surface area (Å²) in [5.74, 6) is -0.138. The molecular formula is C14H22NO2+. The number of nitrogens with two attached hydrogens (primary N) is 1. The van der Waals surface area contributed by atoms with E-state index in [1.165, 1.54) is 12.7 Å². The molecule has 0 radical (unpaired) electrons. The molecule has 3 heteroatoms. The van der Waals surface area contributed by atoms with Gasteiger partial charge in [-0.2, -0.15) is 0 Å². The van der Waals surface area contributed by atoms with Crippen LogP contribution in [0, 0.1) is 0 Å². The summed E-state index contributed by atoms with van der Waals surface area (Å²) in [5.41, 5.74) is 1.33. The molecule has 1 aromatic carbocycles. The zero-order valence-corrected chi connectivity index (χ0v) is 10.8. The lowest BCUT2D eigenvalue weighted by atomic mass is 10.1. The lowest BCUT2D eigenvalue weighted by Gasteiger charge is -2.16. The molecule has 0 aliphatic heterocycles. The number of ether oxygens (including phenoxy) is 1. The monoisotopic (exact) mass is 236 g/mol. The maximum absolute atomic E-state index is 11.1. The van der Waals surface area contributed by atoms with Crippen LogP contribution in [0.2, 0.25) is 0 Å². The molecule has 0 aliphatic rings. The first kappa shape index (κ1) is 13.7. The lowest BCUT2D eigenvalue weighted by molar-refractivity contribution is -0.714. The van der Waals surface area contributed by atoms with E-state index in [9.17, 15) is 4.79 Å². The average molecular weight is 236 g/mol. The molecule has 2 atom stereocenters. The molecular weight excluding hydrogens is 214 g/mol. The van der Waals surface area contributed by atoms with Crippen molar-refractivity contribution in [3.63, 3.8) is 0 Å². The number of esters is 1. The Kier molecular flexibility index (Phi) is 5.70. The molecule has 94 valence electrons. The van der Waals surface area contributed by atoms with Crippen molar-refractivity contribution in [2.75, 3.05) is 7.11 Å². The van der Waals surface area contributed by atoms with Crippen molar-refractivity contribution in [1.82, 2.24) is 0 Å². The minimum absolute atomic E-state index is 0.138. The van der Waals surface area contributed by atoms with Crippen LogP contribution >= 0.6 is 0 Å². The third kappa shape index (κ3) is 5.50. The molecule has 0 amide bonds. The molecule has 17 heavy (non-hydrogen) atoms. The van der Waals surface area contributed by atoms with Gasteiger partial charge in [0.1, 0.15) is 0 Å². The van der Waals surface area contributed by atoms with E-state index < -0.39 is 0 Å². The minimum atomic E-state index is -0.138. The fourth-order valence-electron chi connectivity index (χ4n) is 2.03. The minimum Gasteiger partial charge on any atom is -0.469 e. The zero-order valence-electron chi connectivity index (χ0n) is 10.8. The van der Waals surface area contributed by atoms with Crippen LogP contribution in [0.15, 0.2) is 30.3 Å². The molecule has 0 heterocycles. The van der Waals surface area contributed by atoms with E-state index in [1.54, 1.807) is 0 Å². The smallest absolute Gasteiger partial charge is 0.311 e. The number of benzene rings is 1. The molecule has 0 aliphatic carbocycles. The van der Waals surface area contributed by atoms with Crippen LogP contribution in [0.3, 0.4) is 0 Å². The fourth-order valence-corrected chi connectivity index (χ4v) is 2.03. The van der Waals surface area contributed by atoms with Gasteiger partial charge >= 0.3 is 5.97 Å². The second kappa shape index (κ2) is 7.07. The van der Waals surface area contributed by atoms with Gasteiger partial charge in [0.25, 0.3) is 0 Å². The Hall–Kier alpha value is -1.35. The molecule has 0 saturated carbocycles. The highest BCUT2D eigenvalue weighted by Crippen LogP contribution is 2.01. The molecule has 1 aromatic rings. The zero-order chi connectivity index (χ0) is 12.7. The van der Waals surface area contributed by atoms with Crippen molar-refractivity contribution >= 4 is 5.97 Å². The van der Waals surface area contributed by atoms with E-state index in [-0.39, 0.29) is 12.0 Å². The second-order valence-electron chi connectivity index (χ2n) is 4.62. The van der Waals surface area contributed by atoms with E-state index in [2.05, 4.69) is 48.2 Å². The number of hydrogen-bond donors (Lipinski definition) is 1. The van der Waals surface area contributed by atoms with Gasteiger partial charge in [0.2, 0.25) is 0 Å². The lowest BCUT2D eigenvalue weighted by Crippen LogP contribution is -2.94. The van der Waals surface area contributed by atoms with E-state index in [4.69, 9.17) is 0 Å². The van der Waals surface area contributed by atoms with Gasteiger partial charge in [-0.3, -0.25) is 4.79 Å². The predicted molar refractivity (Wildman–Crippen MR) is 67.6 cm³/mol. The van der Waals surface area contributed by atoms with Crippen molar-refractivity contribution in [1.29, 1.82) is 0 Å². The number of methoxy groups -OCH3 is 1. The maximum atomic E-state index is 11.1. The Labute approximate surface area is 103 Å². The van der Waals surface area contributed by atoms with E-state index in [0.29, 0.717) is 12.5 Å². The summed E-state index contributed by atoms with van der Waals surface area (Å²) in [6.45, 7) is 4.24. The molecule has 0 aromatic heterocycles. The molecule has 2 N–H and O–H groups in total. The molecule has 1 rings (SSSR count). The Bertz CT molecular complexity index is 337. The van der Waals surface area contributed by atoms with Crippen molar-refractivity contribution in [3.05, 3.63) is 35.9 Å². The third-order valence-electron chi connectivity index (χ3n) is 2.77. The van der Waals surface area contributed by atoms with Crippen LogP contribution < -0.4 is 5.32 Å². The van der Waals surface area contributed by atoms with Crippen LogP contribution in [-0.4, -0.2) is 25.2 Å². The average Bonchev–Trinajstić information content (AvgIpc) is 2.29. The first-order valence-electron chi connectivity index (χ1n) is 6.07. The number of carbonyl (C=O) groups excluding carboxylic acids is 1. The molecule has 0 fully saturated rings. The first-order valence-corrected chi connectivity index (χ1v) is 6.07. The third-order valence-corrected chi connectivity index (χ3v) is 2.77. The number of hydrogen-bond acceptors (Lipinski definition) is 2. The van der Waals surface area contributed by atoms with Gasteiger partial charge in [-0.15, -0.1) is 0 Å². The van der Waals surface area contributed by atoms with E-state index in [0.717, 1.165) is 6.42 Å². The summed E-state index contributed by atoms with van der Waals surface area (Å²) in [6.07, 6.45) is 1.49. The second-order valence-corrected chi connectivity index (χ2v) is 4.62. The normalized spacial score (nSPS) is 14.1. The fraction of sp³-hybridized carbons (Fsp3) is 0.500. The first-order chi connectivity index (χ1) is 8.11. The van der Waals surface area contributed by atoms with Crippen molar-refractivity contribution in [3.8, 4) is 0 Å². The summed E-state index contributed by atoms with van der Waals surface area (Å²) in [7, 11) is 1.43. The predicted octanol–water partition coefficient (Wildman–Crippen LogP) is 1.13. The summed E-state index contributed by atoms with van der Waals surface area (Å²) >= 11 is 0. The molecule has 3 nitrogen and oxygen atoms in total. The Morgan fingerprint density at radius 1 is 1.24 bits per heavy atom. The number of quaternary nitrogens is 1. The van der Waals surface area contributed by atoms with Gasteiger partial charge in [0.05, 0.1) is 25.6 Å². The van der Waals surface area contributed by atoms with E-state index in [1.807, 2.05) is 6.07 Å². The number of rotatable bonds is 6. The topological polar surface area (TPSA) is 42.9 Å². The highest BCUT2D eigenvalue weighted by atomic mass is 16.5. The van der Waals surface area contributed by atoms with Gasteiger partial charge in [-0.25, -0.2) is 0 Å². The van der Waals surface area contributed by atoms with Crippen molar-refractivity contribution < 1.29 is 14.8 Å². The van der Waals surface area contributed by atoms with Crippen molar-refractivity contribution in [2.45, 2.75) is 38.8 Å². The largest absolute Gasteiger partial charge is 0.469 e. The summed E-state index contributed by atoms with van der Waals surface area (Å²) < 4.78 is 4.66. The standard InChI is InChI=1S/C14H21NO2/c1-11(9-13-7-5-4-6-8-13)15-12(2)10-14(16)17-3/h4-8,11-12,15H,9-10H2,1-3H3/p+1/t11-,12-/m0/s1. The molecule has 0 saturated heterocycles. The van der Waals surface area contributed by atoms with Gasteiger partial charge in [0.15, 0.2) is 0 Å². The molecule has 0 unspecified atom stereocenters. The van der Waals surface area contributed by atoms with Crippen LogP contribution in [0.25, 0.3) is 0 Å². The van der Waals surface area contributed by atoms with Crippen molar-refractivity contribution in [2.24, 2.45) is 0 Å². The highest BCUT2D eigenvalue weighted by molar-refractivity contribution is 5.69. The molecule has 0 spiro atoms. The highest BCUT2D eigenvalue weighted by Gasteiger charge is 2.15. The summed E-state index contributed by atoms with van der Waals surface area (Å²) in [6, 6.07) is 11.1. The van der Waals surface area contributed by atoms with Crippen LogP contribution in [-0.2, 0) is 16.0 Å². The summed E-state index contributed by atoms with van der Waals surface area (Å²) in [4.78, 5) is 11.1. The molecule has 0 bridgehead atoms. The van der Waals surface area contributed by atoms with Gasteiger partial charge < -0.3 is 10.1 Å². The Morgan fingerprint density at radius 2 is 1.88 bits per heavy atom. The quantitative estimate of drug-likeness (QED) is 0.752. The Morgan fingerprint density at radius 3 is 2.47 bits per heavy atom. The Balaban J connectivity index is 2.34. The summed E-state index contributed by atoms with van der Waals surface area (Å²) in [5, 5.41) is 2.23. The van der Waals surface area contributed by atoms with Gasteiger partial charge in [0, 0.05) is 6.42 Å². The van der Waals surface area contributed by atoms with Crippen LogP contribution in [0.4, 0.5) is 0 Å². The number of carbonyl (C=O) groups is 1. The van der Waals surface area contributed by atoms with Crippen LogP contribution in [0.5, 0.6) is 0 Å². The SMILES string of the molecule is COC(=O)C[C@H](C)[NH2+][C@@H](C)Cc1ccccc1.